The molecule has 2 rings (SSSR count). The Hall–Kier alpha value is -1.46. The summed E-state index contributed by atoms with van der Waals surface area (Å²) in [5, 5.41) is 6.25. The zero-order valence-electron chi connectivity index (χ0n) is 8.70. The standard InChI is InChI=1S/C11H9ClN2O2S/c12-7-3-1-2-4-8(7)13-9(15)5-11-14-10(16)6-17-11/h1-5H,6H2,(H,13,15)(H,14,16)/b11-5-. The number of carbonyl (C=O) groups is 2. The van der Waals surface area contributed by atoms with Gasteiger partial charge < -0.3 is 10.6 Å². The van der Waals surface area contributed by atoms with E-state index in [1.807, 2.05) is 0 Å². The fourth-order valence-electron chi connectivity index (χ4n) is 1.28. The molecule has 0 radical (unpaired) electrons. The van der Waals surface area contributed by atoms with Crippen molar-refractivity contribution in [3.05, 3.63) is 40.4 Å². The molecule has 4 nitrogen and oxygen atoms in total. The minimum atomic E-state index is -0.317. The van der Waals surface area contributed by atoms with Gasteiger partial charge in [0.2, 0.25) is 5.91 Å². The summed E-state index contributed by atoms with van der Waals surface area (Å²) in [5.74, 6) is -0.0554. The fraction of sp³-hybridized carbons (Fsp3) is 0.0909. The first-order chi connectivity index (χ1) is 8.15. The smallest absolute Gasteiger partial charge is 0.251 e. The number of carbonyl (C=O) groups excluding carboxylic acids is 2. The highest BCUT2D eigenvalue weighted by Gasteiger charge is 2.16. The summed E-state index contributed by atoms with van der Waals surface area (Å²) in [6.45, 7) is 0. The first-order valence-electron chi connectivity index (χ1n) is 4.85. The maximum Gasteiger partial charge on any atom is 0.251 e. The molecule has 0 bridgehead atoms. The summed E-state index contributed by atoms with van der Waals surface area (Å²) in [5.41, 5.74) is 0.547. The van der Waals surface area contributed by atoms with Crippen LogP contribution in [0.1, 0.15) is 0 Å². The van der Waals surface area contributed by atoms with E-state index in [-0.39, 0.29) is 11.8 Å². The van der Waals surface area contributed by atoms with Crippen LogP contribution in [-0.2, 0) is 9.59 Å². The van der Waals surface area contributed by atoms with Gasteiger partial charge in [0.05, 0.1) is 21.5 Å². The average molecular weight is 269 g/mol. The number of benzene rings is 1. The van der Waals surface area contributed by atoms with Gasteiger partial charge in [0.25, 0.3) is 5.91 Å². The minimum absolute atomic E-state index is 0.0909. The average Bonchev–Trinajstić information content (AvgIpc) is 2.67. The van der Waals surface area contributed by atoms with Gasteiger partial charge in [0.15, 0.2) is 0 Å². The SMILES string of the molecule is O=C(/C=C1/NC(=O)CS1)Nc1ccccc1Cl. The van der Waals surface area contributed by atoms with Gasteiger partial charge in [0.1, 0.15) is 0 Å². The maximum absolute atomic E-state index is 11.6. The van der Waals surface area contributed by atoms with Crippen molar-refractivity contribution in [1.82, 2.24) is 5.32 Å². The number of amides is 2. The molecule has 1 fully saturated rings. The molecule has 0 saturated carbocycles. The molecule has 0 aromatic heterocycles. The lowest BCUT2D eigenvalue weighted by atomic mass is 10.3. The van der Waals surface area contributed by atoms with Crippen LogP contribution in [0.3, 0.4) is 0 Å². The van der Waals surface area contributed by atoms with Gasteiger partial charge in [-0.2, -0.15) is 0 Å². The Labute approximate surface area is 107 Å². The van der Waals surface area contributed by atoms with Crippen molar-refractivity contribution >= 4 is 40.9 Å². The van der Waals surface area contributed by atoms with E-state index in [0.29, 0.717) is 21.5 Å². The zero-order valence-corrected chi connectivity index (χ0v) is 10.3. The first kappa shape index (κ1) is 12.0. The van der Waals surface area contributed by atoms with Crippen molar-refractivity contribution in [2.75, 3.05) is 11.1 Å². The number of para-hydroxylation sites is 1. The van der Waals surface area contributed by atoms with Crippen molar-refractivity contribution in [3.63, 3.8) is 0 Å². The van der Waals surface area contributed by atoms with Crippen LogP contribution in [0, 0.1) is 0 Å². The lowest BCUT2D eigenvalue weighted by Crippen LogP contribution is -2.16. The third-order valence-electron chi connectivity index (χ3n) is 2.02. The molecule has 1 saturated heterocycles. The van der Waals surface area contributed by atoms with Crippen LogP contribution < -0.4 is 10.6 Å². The van der Waals surface area contributed by atoms with Crippen molar-refractivity contribution in [2.24, 2.45) is 0 Å². The van der Waals surface area contributed by atoms with Crippen LogP contribution in [0.4, 0.5) is 5.69 Å². The Morgan fingerprint density at radius 3 is 2.88 bits per heavy atom. The van der Waals surface area contributed by atoms with Crippen molar-refractivity contribution in [1.29, 1.82) is 0 Å². The van der Waals surface area contributed by atoms with E-state index in [1.165, 1.54) is 17.8 Å². The fourth-order valence-corrected chi connectivity index (χ4v) is 2.20. The van der Waals surface area contributed by atoms with Gasteiger partial charge in [-0.05, 0) is 12.1 Å². The summed E-state index contributed by atoms with van der Waals surface area (Å²) < 4.78 is 0. The van der Waals surface area contributed by atoms with Crippen molar-refractivity contribution < 1.29 is 9.59 Å². The van der Waals surface area contributed by atoms with E-state index in [0.717, 1.165) is 0 Å². The van der Waals surface area contributed by atoms with Gasteiger partial charge in [-0.1, -0.05) is 35.5 Å². The topological polar surface area (TPSA) is 58.2 Å². The van der Waals surface area contributed by atoms with Crippen LogP contribution in [0.25, 0.3) is 0 Å². The molecule has 6 heteroatoms. The van der Waals surface area contributed by atoms with E-state index in [2.05, 4.69) is 10.6 Å². The van der Waals surface area contributed by atoms with Gasteiger partial charge in [-0.15, -0.1) is 0 Å². The van der Waals surface area contributed by atoms with E-state index in [4.69, 9.17) is 11.6 Å². The molecule has 0 spiro atoms. The highest BCUT2D eigenvalue weighted by Crippen LogP contribution is 2.22. The van der Waals surface area contributed by atoms with Crippen molar-refractivity contribution in [3.8, 4) is 0 Å². The number of hydrogen-bond donors (Lipinski definition) is 2. The predicted molar refractivity (Wildman–Crippen MR) is 68.8 cm³/mol. The molecule has 17 heavy (non-hydrogen) atoms. The minimum Gasteiger partial charge on any atom is -0.321 e. The second kappa shape index (κ2) is 5.25. The Morgan fingerprint density at radius 2 is 2.24 bits per heavy atom. The summed E-state index contributed by atoms with van der Waals surface area (Å²) in [7, 11) is 0. The third kappa shape index (κ3) is 3.25. The molecule has 2 amide bonds. The monoisotopic (exact) mass is 268 g/mol. The van der Waals surface area contributed by atoms with E-state index in [1.54, 1.807) is 24.3 Å². The molecule has 1 aromatic rings. The van der Waals surface area contributed by atoms with Crippen LogP contribution in [0.15, 0.2) is 35.4 Å². The third-order valence-corrected chi connectivity index (χ3v) is 3.28. The number of anilines is 1. The Kier molecular flexibility index (Phi) is 3.71. The number of nitrogens with one attached hydrogen (secondary N) is 2. The molecule has 0 aliphatic carbocycles. The van der Waals surface area contributed by atoms with Gasteiger partial charge in [-0.3, -0.25) is 9.59 Å². The number of halogens is 1. The summed E-state index contributed by atoms with van der Waals surface area (Å²) in [6, 6.07) is 6.96. The molecular formula is C11H9ClN2O2S. The lowest BCUT2D eigenvalue weighted by Gasteiger charge is -2.04. The Morgan fingerprint density at radius 1 is 1.47 bits per heavy atom. The molecule has 1 heterocycles. The molecule has 1 aliphatic rings. The van der Waals surface area contributed by atoms with Gasteiger partial charge >= 0.3 is 0 Å². The van der Waals surface area contributed by atoms with E-state index in [9.17, 15) is 9.59 Å². The largest absolute Gasteiger partial charge is 0.321 e. The highest BCUT2D eigenvalue weighted by molar-refractivity contribution is 8.04. The highest BCUT2D eigenvalue weighted by atomic mass is 35.5. The number of thioether (sulfide) groups is 1. The summed E-state index contributed by atoms with van der Waals surface area (Å²) in [4.78, 5) is 22.5. The molecule has 2 N–H and O–H groups in total. The second-order valence-corrected chi connectivity index (χ2v) is 4.74. The van der Waals surface area contributed by atoms with Crippen LogP contribution >= 0.6 is 23.4 Å². The van der Waals surface area contributed by atoms with Crippen molar-refractivity contribution in [2.45, 2.75) is 0 Å². The number of hydrogen-bond acceptors (Lipinski definition) is 3. The molecule has 0 atom stereocenters. The van der Waals surface area contributed by atoms with Crippen LogP contribution in [0.2, 0.25) is 5.02 Å². The molecule has 88 valence electrons. The quantitative estimate of drug-likeness (QED) is 0.807. The molecule has 0 unspecified atom stereocenters. The van der Waals surface area contributed by atoms with Gasteiger partial charge in [0, 0.05) is 6.08 Å². The molecule has 1 aliphatic heterocycles. The molecule has 1 aromatic carbocycles. The summed E-state index contributed by atoms with van der Waals surface area (Å²) >= 11 is 7.20. The van der Waals surface area contributed by atoms with E-state index >= 15 is 0 Å². The van der Waals surface area contributed by atoms with Gasteiger partial charge in [-0.25, -0.2) is 0 Å². The summed E-state index contributed by atoms with van der Waals surface area (Å²) in [6.07, 6.45) is 1.35. The Bertz CT molecular complexity index is 502. The predicted octanol–water partition coefficient (Wildman–Crippen LogP) is 1.98. The second-order valence-electron chi connectivity index (χ2n) is 3.31. The van der Waals surface area contributed by atoms with Crippen LogP contribution in [0.5, 0.6) is 0 Å². The lowest BCUT2D eigenvalue weighted by molar-refractivity contribution is -0.117. The maximum atomic E-state index is 11.6. The Balaban J connectivity index is 2.03. The van der Waals surface area contributed by atoms with E-state index < -0.39 is 0 Å². The van der Waals surface area contributed by atoms with Crippen LogP contribution in [-0.4, -0.2) is 17.6 Å². The molecular weight excluding hydrogens is 260 g/mol. The zero-order chi connectivity index (χ0) is 12.3. The first-order valence-corrected chi connectivity index (χ1v) is 6.21. The number of rotatable bonds is 2. The normalized spacial score (nSPS) is 17.0.